The molecule has 0 radical (unpaired) electrons. The van der Waals surface area contributed by atoms with Crippen LogP contribution in [0.25, 0.3) is 0 Å². The molecule has 2 fully saturated rings. The highest BCUT2D eigenvalue weighted by molar-refractivity contribution is 7.89. The van der Waals surface area contributed by atoms with Gasteiger partial charge in [-0.05, 0) is 36.5 Å². The summed E-state index contributed by atoms with van der Waals surface area (Å²) in [7, 11) is -3.30. The van der Waals surface area contributed by atoms with Gasteiger partial charge in [0.1, 0.15) is 0 Å². The maximum absolute atomic E-state index is 12.6. The minimum atomic E-state index is -3.30. The van der Waals surface area contributed by atoms with Crippen LogP contribution in [0.3, 0.4) is 0 Å². The molecule has 21 heavy (non-hydrogen) atoms. The molecule has 4 nitrogen and oxygen atoms in total. The van der Waals surface area contributed by atoms with Crippen molar-refractivity contribution in [3.8, 4) is 0 Å². The molecule has 1 saturated carbocycles. The molecule has 0 aromatic heterocycles. The lowest BCUT2D eigenvalue weighted by Gasteiger charge is -2.25. The van der Waals surface area contributed by atoms with Gasteiger partial charge in [-0.1, -0.05) is 31.4 Å². The summed E-state index contributed by atoms with van der Waals surface area (Å²) in [5.41, 5.74) is 1.31. The van der Waals surface area contributed by atoms with Crippen LogP contribution in [0.15, 0.2) is 29.2 Å². The molecule has 1 heterocycles. The Morgan fingerprint density at radius 2 is 1.57 bits per heavy atom. The summed E-state index contributed by atoms with van der Waals surface area (Å²) in [6.07, 6.45) is 6.43. The van der Waals surface area contributed by atoms with Crippen molar-refractivity contribution in [2.75, 3.05) is 26.2 Å². The first-order chi connectivity index (χ1) is 10.2. The molecule has 1 aliphatic carbocycles. The number of hydrogen-bond donors (Lipinski definition) is 1. The van der Waals surface area contributed by atoms with E-state index >= 15 is 0 Å². The van der Waals surface area contributed by atoms with Crippen molar-refractivity contribution in [3.05, 3.63) is 29.8 Å². The normalized spacial score (nSPS) is 22.3. The van der Waals surface area contributed by atoms with Crippen molar-refractivity contribution in [2.24, 2.45) is 0 Å². The van der Waals surface area contributed by atoms with E-state index in [2.05, 4.69) is 5.32 Å². The Morgan fingerprint density at radius 3 is 2.19 bits per heavy atom. The molecule has 3 rings (SSSR count). The van der Waals surface area contributed by atoms with Gasteiger partial charge in [-0.15, -0.1) is 0 Å². The molecule has 5 heteroatoms. The number of nitrogens with two attached hydrogens (primary N) is 1. The Hall–Kier alpha value is -0.910. The van der Waals surface area contributed by atoms with Gasteiger partial charge < -0.3 is 5.32 Å². The Labute approximate surface area is 127 Å². The standard InChI is InChI=1S/C16H24N2O2S/c19-21(20,18-12-10-17-11-13-18)16-8-6-15(7-9-16)14-4-2-1-3-5-14/h6-9,14,17H,1-5,10-13H2/p+1. The molecule has 116 valence electrons. The van der Waals surface area contributed by atoms with Gasteiger partial charge in [0.05, 0.1) is 31.1 Å². The van der Waals surface area contributed by atoms with E-state index in [0.29, 0.717) is 23.9 Å². The highest BCUT2D eigenvalue weighted by Gasteiger charge is 2.27. The summed E-state index contributed by atoms with van der Waals surface area (Å²) < 4.78 is 26.8. The number of rotatable bonds is 3. The van der Waals surface area contributed by atoms with Crippen molar-refractivity contribution in [1.29, 1.82) is 0 Å². The Morgan fingerprint density at radius 1 is 0.952 bits per heavy atom. The molecule has 0 bridgehead atoms. The first-order valence-electron chi connectivity index (χ1n) is 8.10. The number of piperazine rings is 1. The van der Waals surface area contributed by atoms with E-state index in [1.807, 2.05) is 12.1 Å². The van der Waals surface area contributed by atoms with Gasteiger partial charge in [0.15, 0.2) is 0 Å². The van der Waals surface area contributed by atoms with Crippen LogP contribution in [0.4, 0.5) is 0 Å². The average molecular weight is 309 g/mol. The van der Waals surface area contributed by atoms with Crippen molar-refractivity contribution >= 4 is 10.0 Å². The molecule has 0 atom stereocenters. The third-order valence-electron chi connectivity index (χ3n) is 4.76. The van der Waals surface area contributed by atoms with E-state index in [1.165, 1.54) is 37.7 Å². The van der Waals surface area contributed by atoms with E-state index in [-0.39, 0.29) is 0 Å². The molecule has 0 spiro atoms. The van der Waals surface area contributed by atoms with Gasteiger partial charge in [0.25, 0.3) is 0 Å². The van der Waals surface area contributed by atoms with Crippen molar-refractivity contribution in [2.45, 2.75) is 42.9 Å². The molecule has 1 aromatic rings. The van der Waals surface area contributed by atoms with Crippen LogP contribution in [0.2, 0.25) is 0 Å². The SMILES string of the molecule is O=S(=O)(c1ccc(C2CCCCC2)cc1)N1CC[NH2+]CC1. The van der Waals surface area contributed by atoms with E-state index < -0.39 is 10.0 Å². The summed E-state index contributed by atoms with van der Waals surface area (Å²) >= 11 is 0. The minimum Gasteiger partial charge on any atom is -0.344 e. The lowest BCUT2D eigenvalue weighted by atomic mass is 9.84. The predicted octanol–water partition coefficient (Wildman–Crippen LogP) is 1.30. The van der Waals surface area contributed by atoms with Gasteiger partial charge in [-0.3, -0.25) is 0 Å². The van der Waals surface area contributed by atoms with Crippen molar-refractivity contribution in [3.63, 3.8) is 0 Å². The zero-order valence-corrected chi connectivity index (χ0v) is 13.3. The summed E-state index contributed by atoms with van der Waals surface area (Å²) in [6, 6.07) is 7.66. The number of benzene rings is 1. The summed E-state index contributed by atoms with van der Waals surface area (Å²) in [6.45, 7) is 2.96. The van der Waals surface area contributed by atoms with Crippen LogP contribution in [0.1, 0.15) is 43.6 Å². The molecule has 1 saturated heterocycles. The van der Waals surface area contributed by atoms with Gasteiger partial charge >= 0.3 is 0 Å². The molecular formula is C16H25N2O2S+. The topological polar surface area (TPSA) is 54.0 Å². The molecular weight excluding hydrogens is 284 g/mol. The number of sulfonamides is 1. The van der Waals surface area contributed by atoms with Gasteiger partial charge in [-0.2, -0.15) is 4.31 Å². The highest BCUT2D eigenvalue weighted by Crippen LogP contribution is 2.33. The largest absolute Gasteiger partial charge is 0.344 e. The zero-order valence-electron chi connectivity index (χ0n) is 12.5. The number of nitrogens with zero attached hydrogens (tertiary/aromatic N) is 1. The third-order valence-corrected chi connectivity index (χ3v) is 6.67. The van der Waals surface area contributed by atoms with Gasteiger partial charge in [0.2, 0.25) is 10.0 Å². The Kier molecular flexibility index (Phi) is 4.62. The fourth-order valence-corrected chi connectivity index (χ4v) is 4.93. The minimum absolute atomic E-state index is 0.448. The second-order valence-corrected chi connectivity index (χ2v) is 8.11. The fourth-order valence-electron chi connectivity index (χ4n) is 3.46. The van der Waals surface area contributed by atoms with Crippen LogP contribution in [-0.4, -0.2) is 38.9 Å². The van der Waals surface area contributed by atoms with Crippen LogP contribution in [-0.2, 0) is 10.0 Å². The molecule has 1 aliphatic heterocycles. The van der Waals surface area contributed by atoms with Crippen LogP contribution in [0, 0.1) is 0 Å². The third kappa shape index (κ3) is 3.30. The fraction of sp³-hybridized carbons (Fsp3) is 0.625. The maximum atomic E-state index is 12.6. The number of hydrogen-bond acceptors (Lipinski definition) is 2. The van der Waals surface area contributed by atoms with Crippen molar-refractivity contribution < 1.29 is 13.7 Å². The Bertz CT molecular complexity index is 556. The van der Waals surface area contributed by atoms with Crippen molar-refractivity contribution in [1.82, 2.24) is 4.31 Å². The first-order valence-corrected chi connectivity index (χ1v) is 9.54. The van der Waals surface area contributed by atoms with Gasteiger partial charge in [0, 0.05) is 0 Å². The lowest BCUT2D eigenvalue weighted by molar-refractivity contribution is -0.661. The van der Waals surface area contributed by atoms with Gasteiger partial charge in [-0.25, -0.2) is 8.42 Å². The van der Waals surface area contributed by atoms with Crippen LogP contribution < -0.4 is 5.32 Å². The monoisotopic (exact) mass is 309 g/mol. The number of quaternary nitrogens is 1. The van der Waals surface area contributed by atoms with E-state index in [0.717, 1.165) is 13.1 Å². The Balaban J connectivity index is 1.76. The molecule has 2 aliphatic rings. The van der Waals surface area contributed by atoms with E-state index in [9.17, 15) is 8.42 Å². The maximum Gasteiger partial charge on any atom is 0.243 e. The first kappa shape index (κ1) is 15.0. The van der Waals surface area contributed by atoms with Crippen LogP contribution in [0.5, 0.6) is 0 Å². The second kappa shape index (κ2) is 6.46. The molecule has 1 aromatic carbocycles. The predicted molar refractivity (Wildman–Crippen MR) is 82.7 cm³/mol. The van der Waals surface area contributed by atoms with Crippen LogP contribution >= 0.6 is 0 Å². The lowest BCUT2D eigenvalue weighted by Crippen LogP contribution is -2.89. The summed E-state index contributed by atoms with van der Waals surface area (Å²) in [5, 5.41) is 2.16. The zero-order chi connectivity index (χ0) is 14.7. The van der Waals surface area contributed by atoms with E-state index in [4.69, 9.17) is 0 Å². The van der Waals surface area contributed by atoms with E-state index in [1.54, 1.807) is 16.4 Å². The molecule has 0 unspecified atom stereocenters. The average Bonchev–Trinajstić information content (AvgIpc) is 2.57. The summed E-state index contributed by atoms with van der Waals surface area (Å²) in [5.74, 6) is 0.625. The summed E-state index contributed by atoms with van der Waals surface area (Å²) in [4.78, 5) is 0.448. The molecule has 2 N–H and O–H groups in total. The smallest absolute Gasteiger partial charge is 0.243 e. The quantitative estimate of drug-likeness (QED) is 0.915. The highest BCUT2D eigenvalue weighted by atomic mass is 32.2. The molecule has 0 amide bonds. The second-order valence-electron chi connectivity index (χ2n) is 6.17.